The Morgan fingerprint density at radius 1 is 0.617 bits per heavy atom. The van der Waals surface area contributed by atoms with Crippen LogP contribution < -0.4 is 75.7 Å². The molecule has 1 heterocycles. The van der Waals surface area contributed by atoms with E-state index in [4.69, 9.17) is 41.7 Å². The molecule has 1 aliphatic heterocycles. The molecule has 23 N–H and O–H groups in total. The average molecular weight is 1550 g/mol. The van der Waals surface area contributed by atoms with Gasteiger partial charge >= 0.3 is 30.3 Å². The van der Waals surface area contributed by atoms with E-state index in [9.17, 15) is 99.5 Å². The van der Waals surface area contributed by atoms with Gasteiger partial charge in [-0.15, -0.1) is 0 Å². The highest BCUT2D eigenvalue weighted by molar-refractivity contribution is 6.00. The number of carboxylic acid groups (broad SMARTS) is 2. The number of alkyl halides is 6. The molecule has 0 saturated carbocycles. The number of aliphatic hydroxyl groups is 4. The third-order valence-corrected chi connectivity index (χ3v) is 15.2. The first-order chi connectivity index (χ1) is 49.5. The van der Waals surface area contributed by atoms with E-state index >= 15 is 4.79 Å². The van der Waals surface area contributed by atoms with Gasteiger partial charge in [0.1, 0.15) is 48.3 Å². The van der Waals surface area contributed by atoms with Crippen molar-refractivity contribution in [1.29, 1.82) is 0 Å². The van der Waals surface area contributed by atoms with Gasteiger partial charge in [-0.3, -0.25) is 57.7 Å². The van der Waals surface area contributed by atoms with Crippen LogP contribution in [0, 0.1) is 29.6 Å². The van der Waals surface area contributed by atoms with Crippen molar-refractivity contribution in [1.82, 2.24) is 58.5 Å². The maximum atomic E-state index is 15.4. The number of halogens is 6. The molecule has 11 amide bonds. The number of cyclic esters (lactones) is 1. The molecule has 2 rings (SSSR count). The first-order valence-electron chi connectivity index (χ1n) is 34.0. The van der Waals surface area contributed by atoms with Crippen LogP contribution in [0.2, 0.25) is 0 Å². The number of guanidine groups is 1. The highest BCUT2D eigenvalue weighted by Crippen LogP contribution is 2.25. The van der Waals surface area contributed by atoms with Crippen molar-refractivity contribution in [2.75, 3.05) is 26.7 Å². The van der Waals surface area contributed by atoms with E-state index in [1.165, 1.54) is 44.2 Å². The normalized spacial score (nSPS) is 22.4. The molecule has 42 heteroatoms. The summed E-state index contributed by atoms with van der Waals surface area (Å²) in [6.45, 7) is 19.5. The van der Waals surface area contributed by atoms with E-state index in [-0.39, 0.29) is 74.3 Å². The zero-order valence-corrected chi connectivity index (χ0v) is 62.0. The van der Waals surface area contributed by atoms with Gasteiger partial charge in [0, 0.05) is 13.6 Å². The molecule has 1 aromatic rings. The third-order valence-electron chi connectivity index (χ3n) is 15.2. The SMILES string of the molecule is CC.CC[C@H](C)[C@@H]1NC(=O)[C@@H](CCCN=C(N)N)NC(=O)[C@H](CC(C)C)NC(=O)[C@H]([C@H](O)C(C)C)NC(=O)[C@@H](NC(=O)[C@H](CC(C)C)NC(=O)[C@H](N)CC(C)C)[C@@H](c2ccccc2)OC(=O)[C@H](CO)NC(=O)[C@H]([C@H](O)C(=O)NC)NC(=O)CNC(=O)[C@H]([C@H](C)O)NC1=O.O=C(O)C(F)(F)F.O=C(O)C(F)(F)F. The van der Waals surface area contributed by atoms with E-state index in [1.807, 2.05) is 27.7 Å². The number of hydrogen-bond donors (Lipinski definition) is 20. The fourth-order valence-corrected chi connectivity index (χ4v) is 9.38. The molecule has 1 saturated heterocycles. The monoisotopic (exact) mass is 1550 g/mol. The number of rotatable bonds is 23. The number of carboxylic acids is 2. The number of carbonyl (C=O) groups excluding carboxylic acids is 12. The topological polar surface area (TPSA) is 592 Å². The molecule has 0 radical (unpaired) electrons. The minimum atomic E-state index is -5.08. The summed E-state index contributed by atoms with van der Waals surface area (Å²) in [5.41, 5.74) is 17.3. The lowest BCUT2D eigenvalue weighted by Crippen LogP contribution is -2.64. The highest BCUT2D eigenvalue weighted by atomic mass is 19.4. The lowest BCUT2D eigenvalue weighted by atomic mass is 9.95. The third kappa shape index (κ3) is 37.0. The van der Waals surface area contributed by atoms with Gasteiger partial charge < -0.3 is 111 Å². The Bertz CT molecular complexity index is 3090. The van der Waals surface area contributed by atoms with Gasteiger partial charge in [-0.2, -0.15) is 26.3 Å². The Labute approximate surface area is 614 Å². The summed E-state index contributed by atoms with van der Waals surface area (Å²) >= 11 is 0. The van der Waals surface area contributed by atoms with Gasteiger partial charge in [0.15, 0.2) is 24.2 Å². The van der Waals surface area contributed by atoms with Crippen LogP contribution in [0.3, 0.4) is 0 Å². The van der Waals surface area contributed by atoms with Gasteiger partial charge in [0.2, 0.25) is 59.1 Å². The molecule has 0 spiro atoms. The lowest BCUT2D eigenvalue weighted by molar-refractivity contribution is -0.193. The number of carbonyl (C=O) groups is 14. The predicted molar refractivity (Wildman–Crippen MR) is 370 cm³/mol. The summed E-state index contributed by atoms with van der Waals surface area (Å²) in [6, 6.07) is -10.6. The molecule has 0 unspecified atom stereocenters. The molecular formula is C65H107F6N15O21. The fourth-order valence-electron chi connectivity index (χ4n) is 9.38. The Morgan fingerprint density at radius 2 is 1.09 bits per heavy atom. The number of nitrogens with two attached hydrogens (primary N) is 3. The second-order valence-electron chi connectivity index (χ2n) is 25.9. The zero-order chi connectivity index (χ0) is 83.3. The first-order valence-corrected chi connectivity index (χ1v) is 34.0. The average Bonchev–Trinajstić information content (AvgIpc) is 0.812. The van der Waals surface area contributed by atoms with Crippen molar-refractivity contribution in [3.05, 3.63) is 35.9 Å². The predicted octanol–water partition coefficient (Wildman–Crippen LogP) is -2.88. The first kappa shape index (κ1) is 99.5. The Hall–Kier alpha value is -9.55. The van der Waals surface area contributed by atoms with Gasteiger partial charge in [-0.25, -0.2) is 14.4 Å². The number of aliphatic imine (C=N–C) groups is 1. The molecule has 107 heavy (non-hydrogen) atoms. The molecule has 1 aromatic carbocycles. The Kier molecular flexibility index (Phi) is 45.2. The van der Waals surface area contributed by atoms with Crippen LogP contribution in [0.4, 0.5) is 26.3 Å². The second kappa shape index (κ2) is 48.6. The van der Waals surface area contributed by atoms with Gasteiger partial charge in [0.05, 0.1) is 31.4 Å². The summed E-state index contributed by atoms with van der Waals surface area (Å²) < 4.78 is 69.4. The molecule has 36 nitrogen and oxygen atoms in total. The van der Waals surface area contributed by atoms with Crippen LogP contribution in [0.25, 0.3) is 0 Å². The number of benzene rings is 1. The van der Waals surface area contributed by atoms with Crippen molar-refractivity contribution < 1.29 is 129 Å². The number of likely N-dealkylation sites (N-methyl/N-ethyl adjacent to an activating group) is 1. The van der Waals surface area contributed by atoms with Crippen molar-refractivity contribution in [3.63, 3.8) is 0 Å². The van der Waals surface area contributed by atoms with Crippen molar-refractivity contribution >= 4 is 88.8 Å². The Balaban J connectivity index is 0. The number of hydrogen-bond acceptors (Lipinski definition) is 21. The fraction of sp³-hybridized carbons (Fsp3) is 0.677. The van der Waals surface area contributed by atoms with Crippen molar-refractivity contribution in [2.24, 2.45) is 51.8 Å². The standard InChI is InChI=1S/C59H99N15O17.2C2HF3O2.C2H6/c1-13-31(10)40-53(85)72-41(32(11)76)52(84)65-25-39(77)70-43(46(79)57(89)63-12)55(87)69-38(26-75)58(90)91-47(33-18-15-14-16-19-33)44(74-51(83)37(24-29(6)7)67-48(80)34(60)22-27(2)3)56(88)73-42(45(78)30(8)9)54(86)68-36(23-28(4)5)50(82)66-35(49(81)71-40)20-17-21-64-59(61)62;2*3-2(4,5)1(6)7;1-2/h14-16,18-19,27-32,34-38,40-47,75-76,78-79H,13,17,20-26,60H2,1-12H3,(H,63,89)(H,65,84)(H,66,82)(H,67,80)(H,68,86)(H,69,87)(H,70,77)(H,71,81)(H,72,85)(H,73,88)(H,74,83)(H4,61,62,64);2*(H,6,7);1-2H3/t31-,32-,34+,35+,36-,37-,38-,40-,41-,42-,43-,44-,45+,46-,47+;;;/m0.../s1. The Morgan fingerprint density at radius 3 is 1.55 bits per heavy atom. The zero-order valence-electron chi connectivity index (χ0n) is 62.0. The van der Waals surface area contributed by atoms with E-state index in [0.717, 1.165) is 14.0 Å². The molecule has 0 bridgehead atoms. The van der Waals surface area contributed by atoms with Crippen LogP contribution in [0.15, 0.2) is 35.3 Å². The number of aliphatic carboxylic acids is 2. The summed E-state index contributed by atoms with van der Waals surface area (Å²) in [7, 11) is 1.07. The summed E-state index contributed by atoms with van der Waals surface area (Å²) in [5.74, 6) is -22.2. The van der Waals surface area contributed by atoms with Crippen LogP contribution >= 0.6 is 0 Å². The number of nitrogens with one attached hydrogen (secondary N) is 11. The van der Waals surface area contributed by atoms with E-state index in [0.29, 0.717) is 0 Å². The number of esters is 1. The van der Waals surface area contributed by atoms with Gasteiger partial charge in [-0.05, 0) is 74.2 Å². The van der Waals surface area contributed by atoms with Crippen LogP contribution in [0.1, 0.15) is 140 Å². The molecule has 15 atom stereocenters. The van der Waals surface area contributed by atoms with E-state index in [1.54, 1.807) is 41.5 Å². The molecule has 610 valence electrons. The van der Waals surface area contributed by atoms with Gasteiger partial charge in [0.25, 0.3) is 5.91 Å². The molecule has 1 fully saturated rings. The minimum absolute atomic E-state index is 0.0448. The second-order valence-corrected chi connectivity index (χ2v) is 25.9. The summed E-state index contributed by atoms with van der Waals surface area (Å²) in [4.78, 5) is 193. The molecular weight excluding hydrogens is 1440 g/mol. The number of nitrogens with zero attached hydrogens (tertiary/aromatic N) is 1. The molecule has 0 aliphatic carbocycles. The molecule has 0 aromatic heterocycles. The summed E-state index contributed by atoms with van der Waals surface area (Å²) in [5, 5.41) is 85.0. The van der Waals surface area contributed by atoms with Crippen LogP contribution in [0.5, 0.6) is 0 Å². The maximum absolute atomic E-state index is 15.4. The number of aliphatic hydroxyl groups excluding tert-OH is 4. The van der Waals surface area contributed by atoms with Crippen molar-refractivity contribution in [3.8, 4) is 0 Å². The minimum Gasteiger partial charge on any atom is -0.475 e. The largest absolute Gasteiger partial charge is 0.490 e. The van der Waals surface area contributed by atoms with Gasteiger partial charge in [-0.1, -0.05) is 120 Å². The molecule has 1 aliphatic rings. The highest BCUT2D eigenvalue weighted by Gasteiger charge is 2.45. The van der Waals surface area contributed by atoms with Crippen LogP contribution in [-0.4, -0.2) is 237 Å². The van der Waals surface area contributed by atoms with Crippen LogP contribution in [-0.2, 0) is 71.9 Å². The van der Waals surface area contributed by atoms with E-state index in [2.05, 4.69) is 63.5 Å². The number of amides is 11. The van der Waals surface area contributed by atoms with E-state index < -0.39 is 205 Å². The smallest absolute Gasteiger partial charge is 0.475 e. The number of ether oxygens (including phenoxy) is 1. The quantitative estimate of drug-likeness (QED) is 0.0172. The van der Waals surface area contributed by atoms with Crippen molar-refractivity contribution in [2.45, 2.75) is 226 Å². The maximum Gasteiger partial charge on any atom is 0.490 e. The summed E-state index contributed by atoms with van der Waals surface area (Å²) in [6.07, 6.45) is -18.0. The lowest BCUT2D eigenvalue weighted by Gasteiger charge is -2.34.